The van der Waals surface area contributed by atoms with Crippen molar-refractivity contribution in [1.29, 1.82) is 0 Å². The van der Waals surface area contributed by atoms with Crippen LogP contribution in [-0.4, -0.2) is 47.4 Å². The van der Waals surface area contributed by atoms with E-state index >= 15 is 0 Å². The van der Waals surface area contributed by atoms with Crippen LogP contribution in [0.15, 0.2) is 35.2 Å². The fraction of sp³-hybridized carbons (Fsp3) is 0.579. The fourth-order valence-corrected chi connectivity index (χ4v) is 3.61. The van der Waals surface area contributed by atoms with Gasteiger partial charge in [-0.25, -0.2) is 4.79 Å². The first-order chi connectivity index (χ1) is 11.8. The number of hydrogen-bond acceptors (Lipinski definition) is 4. The number of nitrogens with zero attached hydrogens (tertiary/aromatic N) is 1. The second-order valence-corrected chi connectivity index (χ2v) is 8.27. The van der Waals surface area contributed by atoms with E-state index in [-0.39, 0.29) is 11.9 Å². The zero-order valence-corrected chi connectivity index (χ0v) is 16.1. The normalized spacial score (nSPS) is 17.9. The summed E-state index contributed by atoms with van der Waals surface area (Å²) in [5.74, 6) is 0.553. The van der Waals surface area contributed by atoms with Crippen LogP contribution in [0.4, 0.5) is 4.79 Å². The Morgan fingerprint density at radius 2 is 1.96 bits per heavy atom. The Hall–Kier alpha value is -1.69. The minimum absolute atomic E-state index is 0.0464. The maximum absolute atomic E-state index is 12.6. The molecule has 1 unspecified atom stereocenters. The number of amides is 2. The summed E-state index contributed by atoms with van der Waals surface area (Å²) in [6.07, 6.45) is 2.59. The lowest BCUT2D eigenvalue weighted by Crippen LogP contribution is -2.50. The van der Waals surface area contributed by atoms with Crippen LogP contribution < -0.4 is 5.32 Å². The maximum Gasteiger partial charge on any atom is 0.407 e. The van der Waals surface area contributed by atoms with Crippen molar-refractivity contribution in [1.82, 2.24) is 10.2 Å². The van der Waals surface area contributed by atoms with Gasteiger partial charge in [0.2, 0.25) is 5.91 Å². The van der Waals surface area contributed by atoms with E-state index in [0.717, 1.165) is 30.7 Å². The van der Waals surface area contributed by atoms with E-state index in [1.54, 1.807) is 11.8 Å². The second kappa shape index (κ2) is 9.13. The van der Waals surface area contributed by atoms with Gasteiger partial charge in [-0.2, -0.15) is 0 Å². The highest BCUT2D eigenvalue weighted by molar-refractivity contribution is 8.00. The highest BCUT2D eigenvalue weighted by atomic mass is 32.2. The van der Waals surface area contributed by atoms with E-state index < -0.39 is 11.7 Å². The predicted octanol–water partition coefficient (Wildman–Crippen LogP) is 3.68. The first-order valence-electron chi connectivity index (χ1n) is 8.79. The number of piperidine rings is 1. The molecule has 0 bridgehead atoms. The molecular weight excluding hydrogens is 336 g/mol. The highest BCUT2D eigenvalue weighted by Gasteiger charge is 2.27. The van der Waals surface area contributed by atoms with Crippen molar-refractivity contribution in [2.45, 2.75) is 56.6 Å². The monoisotopic (exact) mass is 364 g/mol. The summed E-state index contributed by atoms with van der Waals surface area (Å²) < 4.78 is 5.27. The van der Waals surface area contributed by atoms with E-state index in [1.165, 1.54) is 0 Å². The van der Waals surface area contributed by atoms with Gasteiger partial charge in [0.05, 0.1) is 5.75 Å². The molecule has 1 N–H and O–H groups in total. The van der Waals surface area contributed by atoms with Crippen LogP contribution in [-0.2, 0) is 9.53 Å². The van der Waals surface area contributed by atoms with Crippen molar-refractivity contribution >= 4 is 23.8 Å². The van der Waals surface area contributed by atoms with Crippen molar-refractivity contribution < 1.29 is 14.3 Å². The molecule has 2 rings (SSSR count). The van der Waals surface area contributed by atoms with Gasteiger partial charge in [0, 0.05) is 24.0 Å². The Morgan fingerprint density at radius 3 is 2.64 bits per heavy atom. The third-order valence-electron chi connectivity index (χ3n) is 3.93. The quantitative estimate of drug-likeness (QED) is 0.810. The molecule has 0 radical (unpaired) electrons. The highest BCUT2D eigenvalue weighted by Crippen LogP contribution is 2.21. The molecule has 0 saturated carbocycles. The molecule has 1 atom stereocenters. The third kappa shape index (κ3) is 6.98. The standard InChI is InChI=1S/C19H28N2O3S/c1-19(2,3)24-18(23)20-13-15-9-7-8-12-21(15)17(22)14-25-16-10-5-4-6-11-16/h4-6,10-11,15H,7-9,12-14H2,1-3H3,(H,20,23). The van der Waals surface area contributed by atoms with Crippen LogP contribution in [0.3, 0.4) is 0 Å². The van der Waals surface area contributed by atoms with E-state index in [4.69, 9.17) is 4.74 Å². The largest absolute Gasteiger partial charge is 0.444 e. The summed E-state index contributed by atoms with van der Waals surface area (Å²) in [6, 6.07) is 9.98. The average Bonchev–Trinajstić information content (AvgIpc) is 2.57. The Bertz CT molecular complexity index is 572. The number of hydrogen-bond donors (Lipinski definition) is 1. The van der Waals surface area contributed by atoms with E-state index in [2.05, 4.69) is 5.32 Å². The zero-order chi connectivity index (χ0) is 18.3. The molecule has 25 heavy (non-hydrogen) atoms. The molecule has 1 aromatic carbocycles. The Labute approximate surface area is 154 Å². The number of benzene rings is 1. The van der Waals surface area contributed by atoms with Crippen molar-refractivity contribution in [3.8, 4) is 0 Å². The molecule has 1 aliphatic heterocycles. The lowest BCUT2D eigenvalue weighted by Gasteiger charge is -2.36. The van der Waals surface area contributed by atoms with Gasteiger partial charge in [-0.3, -0.25) is 4.79 Å². The number of carbonyl (C=O) groups excluding carboxylic acids is 2. The smallest absolute Gasteiger partial charge is 0.407 e. The van der Waals surface area contributed by atoms with Gasteiger partial charge in [0.15, 0.2) is 0 Å². The Morgan fingerprint density at radius 1 is 1.24 bits per heavy atom. The third-order valence-corrected chi connectivity index (χ3v) is 4.93. The Kier molecular flexibility index (Phi) is 7.17. The summed E-state index contributed by atoms with van der Waals surface area (Å²) in [4.78, 5) is 27.5. The van der Waals surface area contributed by atoms with Gasteiger partial charge >= 0.3 is 6.09 Å². The molecule has 0 spiro atoms. The summed E-state index contributed by atoms with van der Waals surface area (Å²) in [7, 11) is 0. The van der Waals surface area contributed by atoms with Crippen LogP contribution in [0.1, 0.15) is 40.0 Å². The minimum atomic E-state index is -0.515. The molecule has 0 aliphatic carbocycles. The molecule has 1 heterocycles. The number of thioether (sulfide) groups is 1. The van der Waals surface area contributed by atoms with E-state index in [1.807, 2.05) is 56.0 Å². The number of ether oxygens (including phenoxy) is 1. The van der Waals surface area contributed by atoms with E-state index in [0.29, 0.717) is 12.3 Å². The van der Waals surface area contributed by atoms with Crippen molar-refractivity contribution in [3.05, 3.63) is 30.3 Å². The molecule has 1 aliphatic rings. The van der Waals surface area contributed by atoms with Gasteiger partial charge in [0.1, 0.15) is 5.60 Å². The van der Waals surface area contributed by atoms with Crippen molar-refractivity contribution in [2.75, 3.05) is 18.8 Å². The van der Waals surface area contributed by atoms with Crippen LogP contribution in [0, 0.1) is 0 Å². The van der Waals surface area contributed by atoms with Crippen molar-refractivity contribution in [3.63, 3.8) is 0 Å². The van der Waals surface area contributed by atoms with Crippen LogP contribution >= 0.6 is 11.8 Å². The van der Waals surface area contributed by atoms with Crippen molar-refractivity contribution in [2.24, 2.45) is 0 Å². The molecule has 1 aromatic rings. The summed E-state index contributed by atoms with van der Waals surface area (Å²) >= 11 is 1.55. The molecule has 2 amide bonds. The van der Waals surface area contributed by atoms with Crippen LogP contribution in [0.2, 0.25) is 0 Å². The number of nitrogens with one attached hydrogen (secondary N) is 1. The second-order valence-electron chi connectivity index (χ2n) is 7.22. The predicted molar refractivity (Wildman–Crippen MR) is 101 cm³/mol. The number of carbonyl (C=O) groups is 2. The molecule has 1 saturated heterocycles. The summed E-state index contributed by atoms with van der Waals surface area (Å²) in [6.45, 7) is 6.71. The van der Waals surface area contributed by atoms with Crippen LogP contribution in [0.5, 0.6) is 0 Å². The van der Waals surface area contributed by atoms with Crippen LogP contribution in [0.25, 0.3) is 0 Å². The molecule has 0 aromatic heterocycles. The topological polar surface area (TPSA) is 58.6 Å². The Balaban J connectivity index is 1.84. The van der Waals surface area contributed by atoms with E-state index in [9.17, 15) is 9.59 Å². The molecule has 6 heteroatoms. The molecule has 5 nitrogen and oxygen atoms in total. The lowest BCUT2D eigenvalue weighted by atomic mass is 10.0. The maximum atomic E-state index is 12.6. The van der Waals surface area contributed by atoms with Gasteiger partial charge in [0.25, 0.3) is 0 Å². The SMILES string of the molecule is CC(C)(C)OC(=O)NCC1CCCCN1C(=O)CSc1ccccc1. The van der Waals surface area contributed by atoms with Gasteiger partial charge in [-0.15, -0.1) is 11.8 Å². The number of likely N-dealkylation sites (tertiary alicyclic amines) is 1. The minimum Gasteiger partial charge on any atom is -0.444 e. The molecular formula is C19H28N2O3S. The number of alkyl carbamates (subject to hydrolysis) is 1. The molecule has 138 valence electrons. The first-order valence-corrected chi connectivity index (χ1v) is 9.78. The van der Waals surface area contributed by atoms with Gasteiger partial charge in [-0.1, -0.05) is 18.2 Å². The fourth-order valence-electron chi connectivity index (χ4n) is 2.80. The number of rotatable bonds is 5. The average molecular weight is 365 g/mol. The summed E-state index contributed by atoms with van der Waals surface area (Å²) in [5, 5.41) is 2.81. The van der Waals surface area contributed by atoms with Gasteiger partial charge < -0.3 is 15.0 Å². The van der Waals surface area contributed by atoms with Gasteiger partial charge in [-0.05, 0) is 52.2 Å². The molecule has 1 fully saturated rings. The summed E-state index contributed by atoms with van der Waals surface area (Å²) in [5.41, 5.74) is -0.515. The lowest BCUT2D eigenvalue weighted by molar-refractivity contribution is -0.131. The first kappa shape index (κ1) is 19.6. The zero-order valence-electron chi connectivity index (χ0n) is 15.3.